The third kappa shape index (κ3) is 4.01. The SMILES string of the molecule is Cc1cc(Cl)cc(C)c1OCc1ccccc1C#CCO. The molecule has 0 amide bonds. The number of aliphatic hydroxyl groups is 1. The molecule has 0 saturated heterocycles. The summed E-state index contributed by atoms with van der Waals surface area (Å²) in [6, 6.07) is 11.5. The number of hydrogen-bond acceptors (Lipinski definition) is 2. The highest BCUT2D eigenvalue weighted by molar-refractivity contribution is 6.30. The van der Waals surface area contributed by atoms with Crippen LogP contribution < -0.4 is 4.74 Å². The summed E-state index contributed by atoms with van der Waals surface area (Å²) in [5.41, 5.74) is 3.89. The van der Waals surface area contributed by atoms with Crippen molar-refractivity contribution in [1.29, 1.82) is 0 Å². The van der Waals surface area contributed by atoms with E-state index in [4.69, 9.17) is 21.4 Å². The zero-order valence-corrected chi connectivity index (χ0v) is 12.9. The fourth-order valence-electron chi connectivity index (χ4n) is 2.18. The monoisotopic (exact) mass is 300 g/mol. The standard InChI is InChI=1S/C18H17ClO2/c1-13-10-17(19)11-14(2)18(13)21-12-16-7-4-3-6-15(16)8-5-9-20/h3-4,6-7,10-11,20H,9,12H2,1-2H3. The molecule has 2 aromatic carbocycles. The minimum atomic E-state index is -0.148. The zero-order chi connectivity index (χ0) is 15.2. The van der Waals surface area contributed by atoms with Crippen molar-refractivity contribution in [3.63, 3.8) is 0 Å². The van der Waals surface area contributed by atoms with Gasteiger partial charge < -0.3 is 9.84 Å². The van der Waals surface area contributed by atoms with Gasteiger partial charge in [0.15, 0.2) is 0 Å². The van der Waals surface area contributed by atoms with Gasteiger partial charge in [-0.15, -0.1) is 0 Å². The molecule has 21 heavy (non-hydrogen) atoms. The average Bonchev–Trinajstić information content (AvgIpc) is 2.45. The minimum Gasteiger partial charge on any atom is -0.488 e. The van der Waals surface area contributed by atoms with Crippen molar-refractivity contribution in [1.82, 2.24) is 0 Å². The molecule has 0 spiro atoms. The van der Waals surface area contributed by atoms with E-state index >= 15 is 0 Å². The van der Waals surface area contributed by atoms with E-state index in [0.717, 1.165) is 28.0 Å². The number of benzene rings is 2. The summed E-state index contributed by atoms with van der Waals surface area (Å²) in [6.45, 7) is 4.24. The van der Waals surface area contributed by atoms with Crippen LogP contribution in [0.15, 0.2) is 36.4 Å². The molecule has 2 nitrogen and oxygen atoms in total. The van der Waals surface area contributed by atoms with Gasteiger partial charge in [-0.25, -0.2) is 0 Å². The molecule has 108 valence electrons. The summed E-state index contributed by atoms with van der Waals surface area (Å²) < 4.78 is 5.94. The van der Waals surface area contributed by atoms with Crippen molar-refractivity contribution in [2.75, 3.05) is 6.61 Å². The predicted molar refractivity (Wildman–Crippen MR) is 85.7 cm³/mol. The molecular weight excluding hydrogens is 284 g/mol. The van der Waals surface area contributed by atoms with E-state index in [1.54, 1.807) is 0 Å². The number of rotatable bonds is 3. The van der Waals surface area contributed by atoms with Crippen molar-refractivity contribution >= 4 is 11.6 Å². The molecule has 3 heteroatoms. The second kappa shape index (κ2) is 7.17. The van der Waals surface area contributed by atoms with Crippen LogP contribution in [-0.4, -0.2) is 11.7 Å². The molecule has 1 N–H and O–H groups in total. The van der Waals surface area contributed by atoms with Gasteiger partial charge in [0.05, 0.1) is 0 Å². The summed E-state index contributed by atoms with van der Waals surface area (Å²) in [5.74, 6) is 6.45. The lowest BCUT2D eigenvalue weighted by Crippen LogP contribution is -2.01. The third-order valence-corrected chi connectivity index (χ3v) is 3.33. The fourth-order valence-corrected chi connectivity index (χ4v) is 2.51. The van der Waals surface area contributed by atoms with Gasteiger partial charge in [0.25, 0.3) is 0 Å². The number of aliphatic hydroxyl groups excluding tert-OH is 1. The van der Waals surface area contributed by atoms with Gasteiger partial charge in [-0.3, -0.25) is 0 Å². The van der Waals surface area contributed by atoms with Crippen molar-refractivity contribution in [2.45, 2.75) is 20.5 Å². The smallest absolute Gasteiger partial charge is 0.125 e. The molecule has 2 aromatic rings. The van der Waals surface area contributed by atoms with E-state index in [1.165, 1.54) is 0 Å². The lowest BCUT2D eigenvalue weighted by Gasteiger charge is -2.13. The van der Waals surface area contributed by atoms with Crippen LogP contribution >= 0.6 is 11.6 Å². The van der Waals surface area contributed by atoms with Crippen molar-refractivity contribution < 1.29 is 9.84 Å². The molecule has 0 unspecified atom stereocenters. The van der Waals surface area contributed by atoms with E-state index < -0.39 is 0 Å². The number of aryl methyl sites for hydroxylation is 2. The van der Waals surface area contributed by atoms with E-state index in [-0.39, 0.29) is 6.61 Å². The van der Waals surface area contributed by atoms with E-state index in [9.17, 15) is 0 Å². The van der Waals surface area contributed by atoms with Crippen LogP contribution in [0.4, 0.5) is 0 Å². The molecule has 0 fully saturated rings. The van der Waals surface area contributed by atoms with Crippen LogP contribution in [0.25, 0.3) is 0 Å². The molecule has 0 bridgehead atoms. The number of hydrogen-bond donors (Lipinski definition) is 1. The molecule has 0 radical (unpaired) electrons. The number of ether oxygens (including phenoxy) is 1. The molecule has 0 heterocycles. The maximum absolute atomic E-state index is 8.81. The van der Waals surface area contributed by atoms with Crippen LogP contribution in [0.1, 0.15) is 22.3 Å². The maximum atomic E-state index is 8.81. The second-order valence-corrected chi connectivity index (χ2v) is 5.21. The Hall–Kier alpha value is -1.95. The van der Waals surface area contributed by atoms with E-state index in [2.05, 4.69) is 11.8 Å². The molecular formula is C18H17ClO2. The van der Waals surface area contributed by atoms with Gasteiger partial charge in [-0.05, 0) is 43.2 Å². The van der Waals surface area contributed by atoms with Gasteiger partial charge in [-0.2, -0.15) is 0 Å². The summed E-state index contributed by atoms with van der Waals surface area (Å²) in [4.78, 5) is 0. The normalized spacial score (nSPS) is 9.90. The first-order valence-corrected chi connectivity index (χ1v) is 7.07. The Morgan fingerprint density at radius 3 is 2.48 bits per heavy atom. The summed E-state index contributed by atoms with van der Waals surface area (Å²) in [6.07, 6.45) is 0. The van der Waals surface area contributed by atoms with E-state index in [1.807, 2.05) is 50.2 Å². The molecule has 0 aliphatic carbocycles. The van der Waals surface area contributed by atoms with Gasteiger partial charge in [0, 0.05) is 16.1 Å². The van der Waals surface area contributed by atoms with Crippen LogP contribution in [0.2, 0.25) is 5.02 Å². The first kappa shape index (κ1) is 15.4. The lowest BCUT2D eigenvalue weighted by molar-refractivity contribution is 0.301. The van der Waals surface area contributed by atoms with Crippen molar-refractivity contribution in [3.8, 4) is 17.6 Å². The summed E-state index contributed by atoms with van der Waals surface area (Å²) in [5, 5.41) is 9.52. The molecule has 0 saturated carbocycles. The molecule has 0 aliphatic rings. The zero-order valence-electron chi connectivity index (χ0n) is 12.1. The fraction of sp³-hybridized carbons (Fsp3) is 0.222. The highest BCUT2D eigenvalue weighted by Crippen LogP contribution is 2.28. The summed E-state index contributed by atoms with van der Waals surface area (Å²) >= 11 is 6.02. The van der Waals surface area contributed by atoms with Crippen molar-refractivity contribution in [3.05, 3.63) is 63.7 Å². The van der Waals surface area contributed by atoms with E-state index in [0.29, 0.717) is 11.6 Å². The first-order chi connectivity index (χ1) is 10.1. The topological polar surface area (TPSA) is 29.5 Å². The molecule has 2 rings (SSSR count). The van der Waals surface area contributed by atoms with Gasteiger partial charge in [-0.1, -0.05) is 41.6 Å². The highest BCUT2D eigenvalue weighted by Gasteiger charge is 2.07. The van der Waals surface area contributed by atoms with Crippen molar-refractivity contribution in [2.24, 2.45) is 0 Å². The van der Waals surface area contributed by atoms with Gasteiger partial charge >= 0.3 is 0 Å². The molecule has 0 aromatic heterocycles. The Balaban J connectivity index is 2.21. The van der Waals surface area contributed by atoms with Crippen LogP contribution in [0, 0.1) is 25.7 Å². The quantitative estimate of drug-likeness (QED) is 0.872. The Kier molecular flexibility index (Phi) is 5.27. The highest BCUT2D eigenvalue weighted by atomic mass is 35.5. The Bertz CT molecular complexity index is 673. The molecule has 0 atom stereocenters. The van der Waals surface area contributed by atoms with Gasteiger partial charge in [0.1, 0.15) is 19.0 Å². The second-order valence-electron chi connectivity index (χ2n) is 4.77. The predicted octanol–water partition coefficient (Wildman–Crippen LogP) is 3.88. The Morgan fingerprint density at radius 2 is 1.81 bits per heavy atom. The first-order valence-electron chi connectivity index (χ1n) is 6.69. The largest absolute Gasteiger partial charge is 0.488 e. The lowest BCUT2D eigenvalue weighted by atomic mass is 10.1. The summed E-state index contributed by atoms with van der Waals surface area (Å²) in [7, 11) is 0. The van der Waals surface area contributed by atoms with Gasteiger partial charge in [0.2, 0.25) is 0 Å². The maximum Gasteiger partial charge on any atom is 0.125 e. The van der Waals surface area contributed by atoms with Crippen LogP contribution in [-0.2, 0) is 6.61 Å². The Labute approximate surface area is 130 Å². The minimum absolute atomic E-state index is 0.148. The van der Waals surface area contributed by atoms with Crippen LogP contribution in [0.3, 0.4) is 0 Å². The Morgan fingerprint density at radius 1 is 1.14 bits per heavy atom. The number of halogens is 1. The third-order valence-electron chi connectivity index (χ3n) is 3.12. The van der Waals surface area contributed by atoms with Crippen LogP contribution in [0.5, 0.6) is 5.75 Å². The molecule has 0 aliphatic heterocycles. The average molecular weight is 301 g/mol.